The Hall–Kier alpha value is -2.34. The van der Waals surface area contributed by atoms with Crippen LogP contribution in [-0.2, 0) is 21.3 Å². The highest BCUT2D eigenvalue weighted by Crippen LogP contribution is 2.13. The highest BCUT2D eigenvalue weighted by Gasteiger charge is 2.22. The summed E-state index contributed by atoms with van der Waals surface area (Å²) in [6, 6.07) is 12.8. The predicted molar refractivity (Wildman–Crippen MR) is 94.2 cm³/mol. The van der Waals surface area contributed by atoms with Crippen molar-refractivity contribution in [3.8, 4) is 5.75 Å². The predicted octanol–water partition coefficient (Wildman–Crippen LogP) is 2.80. The minimum Gasteiger partial charge on any atom is -0.508 e. The highest BCUT2D eigenvalue weighted by atomic mass is 79.9. The minimum atomic E-state index is -0.803. The summed E-state index contributed by atoms with van der Waals surface area (Å²) in [5.41, 5.74) is 2.33. The minimum absolute atomic E-state index is 0.143. The zero-order valence-corrected chi connectivity index (χ0v) is 14.7. The molecule has 24 heavy (non-hydrogen) atoms. The number of phenolic OH excluding ortho intramolecular Hbond substituents is 1. The number of carbonyl (C=O) groups is 2. The second-order valence-corrected chi connectivity index (χ2v) is 5.81. The number of phenols is 1. The van der Waals surface area contributed by atoms with Crippen molar-refractivity contribution in [3.63, 3.8) is 0 Å². The molecule has 2 aromatic carbocycles. The molecule has 2 rings (SSSR count). The largest absolute Gasteiger partial charge is 0.508 e. The van der Waals surface area contributed by atoms with Gasteiger partial charge in [0.25, 0.3) is 5.91 Å². The van der Waals surface area contributed by atoms with Gasteiger partial charge in [-0.15, -0.1) is 0 Å². The summed E-state index contributed by atoms with van der Waals surface area (Å²) in [6.45, 7) is 0. The summed E-state index contributed by atoms with van der Waals surface area (Å²) in [7, 11) is 1.28. The van der Waals surface area contributed by atoms with Gasteiger partial charge in [-0.05, 0) is 35.4 Å². The number of carbonyl (C=O) groups excluding carboxylic acids is 2. The number of nitrogens with one attached hydrogen (secondary N) is 1. The number of ether oxygens (including phenoxy) is 1. The number of hydrogen-bond acceptors (Lipinski definition) is 4. The first-order chi connectivity index (χ1) is 11.5. The van der Waals surface area contributed by atoms with Gasteiger partial charge in [0.2, 0.25) is 0 Å². The Bertz CT molecular complexity index is 698. The summed E-state index contributed by atoms with van der Waals surface area (Å²) in [5, 5.41) is 12.7. The number of rotatable bonds is 6. The summed E-state index contributed by atoms with van der Waals surface area (Å²) < 4.78 is 4.77. The summed E-state index contributed by atoms with van der Waals surface area (Å²) >= 11 is 3.35. The molecule has 1 atom stereocenters. The van der Waals surface area contributed by atoms with Gasteiger partial charge >= 0.3 is 5.97 Å². The third kappa shape index (κ3) is 4.83. The van der Waals surface area contributed by atoms with E-state index in [0.29, 0.717) is 10.9 Å². The lowest BCUT2D eigenvalue weighted by molar-refractivity contribution is -0.142. The number of amides is 1. The Morgan fingerprint density at radius 1 is 1.08 bits per heavy atom. The Labute approximate surface area is 148 Å². The molecule has 2 N–H and O–H groups in total. The van der Waals surface area contributed by atoms with Gasteiger partial charge in [0, 0.05) is 17.3 Å². The molecule has 0 aliphatic rings. The third-order valence-electron chi connectivity index (χ3n) is 3.54. The van der Waals surface area contributed by atoms with E-state index in [4.69, 9.17) is 4.74 Å². The van der Waals surface area contributed by atoms with Gasteiger partial charge in [-0.3, -0.25) is 4.79 Å². The Morgan fingerprint density at radius 3 is 2.21 bits per heavy atom. The number of methoxy groups -OCH3 is 1. The molecule has 0 radical (unpaired) electrons. The summed E-state index contributed by atoms with van der Waals surface area (Å²) in [4.78, 5) is 24.3. The van der Waals surface area contributed by atoms with E-state index >= 15 is 0 Å². The van der Waals surface area contributed by atoms with Crippen molar-refractivity contribution in [1.29, 1.82) is 0 Å². The number of alkyl halides is 1. The van der Waals surface area contributed by atoms with E-state index in [1.165, 1.54) is 19.2 Å². The van der Waals surface area contributed by atoms with E-state index < -0.39 is 12.0 Å². The van der Waals surface area contributed by atoms with Crippen LogP contribution in [0.1, 0.15) is 21.5 Å². The standard InChI is InChI=1S/C18H18BrNO4/c1-24-18(23)16(10-12-4-8-15(21)9-5-12)20-17(22)14-6-2-13(11-19)3-7-14/h2-9,16,21H,10-11H2,1H3,(H,20,22)/t16-/m0/s1. The number of aromatic hydroxyl groups is 1. The molecule has 0 spiro atoms. The van der Waals surface area contributed by atoms with Crippen molar-refractivity contribution in [2.24, 2.45) is 0 Å². The SMILES string of the molecule is COC(=O)[C@H](Cc1ccc(O)cc1)NC(=O)c1ccc(CBr)cc1. The molecule has 126 valence electrons. The molecular weight excluding hydrogens is 374 g/mol. The molecule has 0 saturated carbocycles. The monoisotopic (exact) mass is 391 g/mol. The zero-order chi connectivity index (χ0) is 17.5. The van der Waals surface area contributed by atoms with Gasteiger partial charge in [-0.2, -0.15) is 0 Å². The van der Waals surface area contributed by atoms with Crippen LogP contribution in [0.15, 0.2) is 48.5 Å². The van der Waals surface area contributed by atoms with Crippen LogP contribution in [-0.4, -0.2) is 30.1 Å². The first kappa shape index (κ1) is 18.0. The molecule has 0 aromatic heterocycles. The second kappa shape index (κ2) is 8.49. The van der Waals surface area contributed by atoms with Crippen LogP contribution in [0.4, 0.5) is 0 Å². The van der Waals surface area contributed by atoms with E-state index in [-0.39, 0.29) is 18.1 Å². The third-order valence-corrected chi connectivity index (χ3v) is 4.19. The maximum absolute atomic E-state index is 12.3. The van der Waals surface area contributed by atoms with E-state index in [2.05, 4.69) is 21.2 Å². The molecule has 0 fully saturated rings. The van der Waals surface area contributed by atoms with Crippen molar-refractivity contribution in [2.45, 2.75) is 17.8 Å². The lowest BCUT2D eigenvalue weighted by atomic mass is 10.0. The fraction of sp³-hybridized carbons (Fsp3) is 0.222. The van der Waals surface area contributed by atoms with Crippen LogP contribution < -0.4 is 5.32 Å². The molecule has 0 heterocycles. The van der Waals surface area contributed by atoms with Crippen LogP contribution in [0.2, 0.25) is 0 Å². The Morgan fingerprint density at radius 2 is 1.67 bits per heavy atom. The Kier molecular flexibility index (Phi) is 6.37. The maximum atomic E-state index is 12.3. The highest BCUT2D eigenvalue weighted by molar-refractivity contribution is 9.08. The first-order valence-electron chi connectivity index (χ1n) is 7.35. The van der Waals surface area contributed by atoms with Gasteiger partial charge in [0.05, 0.1) is 7.11 Å². The molecule has 0 aliphatic carbocycles. The van der Waals surface area contributed by atoms with Crippen LogP contribution >= 0.6 is 15.9 Å². The van der Waals surface area contributed by atoms with Crippen LogP contribution in [0, 0.1) is 0 Å². The Balaban J connectivity index is 2.11. The van der Waals surface area contributed by atoms with Gasteiger partial charge < -0.3 is 15.2 Å². The first-order valence-corrected chi connectivity index (χ1v) is 8.47. The quantitative estimate of drug-likeness (QED) is 0.586. The van der Waals surface area contributed by atoms with Crippen molar-refractivity contribution in [2.75, 3.05) is 7.11 Å². The topological polar surface area (TPSA) is 75.6 Å². The van der Waals surface area contributed by atoms with Crippen molar-refractivity contribution < 1.29 is 19.4 Å². The molecule has 6 heteroatoms. The molecule has 1 amide bonds. The normalized spacial score (nSPS) is 11.6. The summed E-state index contributed by atoms with van der Waals surface area (Å²) in [5.74, 6) is -0.719. The molecular formula is C18H18BrNO4. The second-order valence-electron chi connectivity index (χ2n) is 5.25. The van der Waals surface area contributed by atoms with Crippen molar-refractivity contribution in [3.05, 3.63) is 65.2 Å². The van der Waals surface area contributed by atoms with E-state index in [9.17, 15) is 14.7 Å². The van der Waals surface area contributed by atoms with Gasteiger partial charge in [-0.25, -0.2) is 4.79 Å². The van der Waals surface area contributed by atoms with E-state index in [1.807, 2.05) is 12.1 Å². The molecule has 2 aromatic rings. The fourth-order valence-electron chi connectivity index (χ4n) is 2.19. The van der Waals surface area contributed by atoms with Gasteiger partial charge in [0.1, 0.15) is 11.8 Å². The van der Waals surface area contributed by atoms with Gasteiger partial charge in [0.15, 0.2) is 0 Å². The number of halogens is 1. The molecule has 0 unspecified atom stereocenters. The van der Waals surface area contributed by atoms with Crippen molar-refractivity contribution >= 4 is 27.8 Å². The van der Waals surface area contributed by atoms with E-state index in [1.54, 1.807) is 24.3 Å². The van der Waals surface area contributed by atoms with Crippen LogP contribution in [0.3, 0.4) is 0 Å². The maximum Gasteiger partial charge on any atom is 0.328 e. The number of esters is 1. The van der Waals surface area contributed by atoms with E-state index in [0.717, 1.165) is 11.1 Å². The molecule has 0 bridgehead atoms. The molecule has 0 aliphatic heterocycles. The lowest BCUT2D eigenvalue weighted by Gasteiger charge is -2.17. The lowest BCUT2D eigenvalue weighted by Crippen LogP contribution is -2.43. The summed E-state index contributed by atoms with van der Waals surface area (Å²) in [6.07, 6.45) is 0.276. The van der Waals surface area contributed by atoms with Crippen LogP contribution in [0.5, 0.6) is 5.75 Å². The average molecular weight is 392 g/mol. The van der Waals surface area contributed by atoms with Crippen molar-refractivity contribution in [1.82, 2.24) is 5.32 Å². The fourth-order valence-corrected chi connectivity index (χ4v) is 2.56. The number of hydrogen-bond donors (Lipinski definition) is 2. The van der Waals surface area contributed by atoms with Gasteiger partial charge in [-0.1, -0.05) is 40.2 Å². The molecule has 5 nitrogen and oxygen atoms in total. The smallest absolute Gasteiger partial charge is 0.328 e. The van der Waals surface area contributed by atoms with Crippen LogP contribution in [0.25, 0.3) is 0 Å². The average Bonchev–Trinajstić information content (AvgIpc) is 2.62. The zero-order valence-electron chi connectivity index (χ0n) is 13.2. The number of benzene rings is 2. The molecule has 0 saturated heterocycles.